The zero-order chi connectivity index (χ0) is 21.9. The van der Waals surface area contributed by atoms with Gasteiger partial charge in [0.15, 0.2) is 17.0 Å². The van der Waals surface area contributed by atoms with Crippen molar-refractivity contribution < 1.29 is 15.0 Å². The lowest BCUT2D eigenvalue weighted by molar-refractivity contribution is -0.132. The van der Waals surface area contributed by atoms with Gasteiger partial charge in [0.05, 0.1) is 23.9 Å². The number of aliphatic hydroxyl groups is 2. The number of fused-ring (bicyclic) bond motifs is 2. The lowest BCUT2D eigenvalue weighted by Crippen LogP contribution is -2.41. The van der Waals surface area contributed by atoms with Crippen LogP contribution in [0, 0.1) is 11.3 Å². The van der Waals surface area contributed by atoms with Crippen LogP contribution in [0.1, 0.15) is 18.0 Å². The molecule has 4 N–H and O–H groups in total. The SMILES string of the molecule is CNC(=O)[C@@]12C[C@@H]1[C@H](n1cnc3c(NCc4cccc(Br)c4)nc(Cl)nc31)[C@H](O)[C@@H]2O. The monoisotopic (exact) mass is 506 g/mol. The molecule has 3 aromatic rings. The largest absolute Gasteiger partial charge is 0.389 e. The minimum atomic E-state index is -1.16. The number of carbonyl (C=O) groups excluding carboxylic acids is 1. The number of nitrogens with zero attached hydrogens (tertiary/aromatic N) is 4. The van der Waals surface area contributed by atoms with Gasteiger partial charge in [0, 0.05) is 24.0 Å². The maximum Gasteiger partial charge on any atom is 0.229 e. The highest BCUT2D eigenvalue weighted by molar-refractivity contribution is 9.10. The first-order valence-corrected chi connectivity index (χ1v) is 11.0. The molecule has 5 rings (SSSR count). The van der Waals surface area contributed by atoms with Crippen LogP contribution in [0.4, 0.5) is 5.82 Å². The first-order valence-electron chi connectivity index (χ1n) is 9.83. The Balaban J connectivity index is 1.49. The quantitative estimate of drug-likeness (QED) is 0.389. The van der Waals surface area contributed by atoms with Gasteiger partial charge in [-0.05, 0) is 35.7 Å². The summed E-state index contributed by atoms with van der Waals surface area (Å²) in [4.78, 5) is 25.4. The number of anilines is 1. The summed E-state index contributed by atoms with van der Waals surface area (Å²) < 4.78 is 2.67. The molecule has 0 aliphatic heterocycles. The molecule has 2 fully saturated rings. The molecule has 11 heteroatoms. The fourth-order valence-corrected chi connectivity index (χ4v) is 5.46. The van der Waals surface area contributed by atoms with Crippen LogP contribution >= 0.6 is 27.5 Å². The zero-order valence-corrected chi connectivity index (χ0v) is 18.8. The number of aromatic nitrogens is 4. The summed E-state index contributed by atoms with van der Waals surface area (Å²) in [5.74, 6) is -0.0169. The Morgan fingerprint density at radius 3 is 2.94 bits per heavy atom. The second-order valence-electron chi connectivity index (χ2n) is 8.00. The third-order valence-corrected chi connectivity index (χ3v) is 7.05. The van der Waals surface area contributed by atoms with Gasteiger partial charge in [-0.3, -0.25) is 4.79 Å². The number of aliphatic hydroxyl groups excluding tert-OH is 2. The van der Waals surface area contributed by atoms with Crippen LogP contribution in [0.15, 0.2) is 35.1 Å². The van der Waals surface area contributed by atoms with Gasteiger partial charge < -0.3 is 25.4 Å². The highest BCUT2D eigenvalue weighted by Gasteiger charge is 2.75. The van der Waals surface area contributed by atoms with Crippen molar-refractivity contribution in [3.05, 3.63) is 45.9 Å². The summed E-state index contributed by atoms with van der Waals surface area (Å²) in [6.45, 7) is 0.502. The van der Waals surface area contributed by atoms with Gasteiger partial charge in [-0.25, -0.2) is 4.98 Å². The first kappa shape index (κ1) is 20.6. The Bertz CT molecular complexity index is 1190. The number of carbonyl (C=O) groups is 1. The molecule has 2 heterocycles. The fourth-order valence-electron chi connectivity index (χ4n) is 4.85. The smallest absolute Gasteiger partial charge is 0.229 e. The van der Waals surface area contributed by atoms with E-state index in [1.807, 2.05) is 24.3 Å². The molecular formula is C20H20BrClN6O3. The van der Waals surface area contributed by atoms with E-state index in [9.17, 15) is 15.0 Å². The van der Waals surface area contributed by atoms with E-state index in [-0.39, 0.29) is 17.1 Å². The predicted octanol–water partition coefficient (Wildman–Crippen LogP) is 1.88. The van der Waals surface area contributed by atoms with Gasteiger partial charge in [-0.15, -0.1) is 0 Å². The third kappa shape index (κ3) is 3.12. The van der Waals surface area contributed by atoms with Crippen LogP contribution < -0.4 is 10.6 Å². The minimum Gasteiger partial charge on any atom is -0.389 e. The van der Waals surface area contributed by atoms with Crippen LogP contribution in [0.2, 0.25) is 5.28 Å². The van der Waals surface area contributed by atoms with E-state index < -0.39 is 23.7 Å². The standard InChI is InChI=1S/C20H20BrClN6O3/c1-23-18(31)20-6-11(20)13(14(29)15(20)30)28-8-25-12-16(26-19(22)27-17(12)28)24-7-9-3-2-4-10(21)5-9/h2-5,8,11,13-15,29-30H,6-7H2,1H3,(H,23,31)(H,24,26,27)/t11-,13+,14+,15+,20+/m1/s1. The second-order valence-corrected chi connectivity index (χ2v) is 9.26. The van der Waals surface area contributed by atoms with E-state index in [2.05, 4.69) is 41.5 Å². The van der Waals surface area contributed by atoms with Crippen molar-refractivity contribution in [3.8, 4) is 0 Å². The molecule has 9 nitrogen and oxygen atoms in total. The van der Waals surface area contributed by atoms with Crippen molar-refractivity contribution in [1.29, 1.82) is 0 Å². The second kappa shape index (κ2) is 7.40. The van der Waals surface area contributed by atoms with Crippen molar-refractivity contribution in [3.63, 3.8) is 0 Å². The minimum absolute atomic E-state index is 0.0346. The molecule has 1 amide bonds. The topological polar surface area (TPSA) is 125 Å². The summed E-state index contributed by atoms with van der Waals surface area (Å²) in [6, 6.07) is 7.33. The average molecular weight is 508 g/mol. The molecule has 162 valence electrons. The van der Waals surface area contributed by atoms with E-state index in [0.29, 0.717) is 29.9 Å². The maximum absolute atomic E-state index is 12.4. The van der Waals surface area contributed by atoms with E-state index >= 15 is 0 Å². The van der Waals surface area contributed by atoms with Crippen molar-refractivity contribution >= 4 is 50.4 Å². The van der Waals surface area contributed by atoms with Gasteiger partial charge in [-0.2, -0.15) is 9.97 Å². The number of rotatable bonds is 5. The normalized spacial score (nSPS) is 29.1. The molecule has 31 heavy (non-hydrogen) atoms. The molecule has 2 aliphatic rings. The molecule has 0 spiro atoms. The lowest BCUT2D eigenvalue weighted by atomic mass is 9.98. The third-order valence-electron chi connectivity index (χ3n) is 6.39. The predicted molar refractivity (Wildman–Crippen MR) is 117 cm³/mol. The molecule has 0 saturated heterocycles. The molecule has 5 atom stereocenters. The number of benzene rings is 1. The van der Waals surface area contributed by atoms with Gasteiger partial charge in [-0.1, -0.05) is 28.1 Å². The van der Waals surface area contributed by atoms with Crippen molar-refractivity contribution in [2.24, 2.45) is 11.3 Å². The van der Waals surface area contributed by atoms with Crippen LogP contribution in [0.5, 0.6) is 0 Å². The van der Waals surface area contributed by atoms with Crippen molar-refractivity contribution in [2.75, 3.05) is 12.4 Å². The van der Waals surface area contributed by atoms with Gasteiger partial charge in [0.1, 0.15) is 6.10 Å². The first-order chi connectivity index (χ1) is 14.9. The van der Waals surface area contributed by atoms with E-state index in [0.717, 1.165) is 10.0 Å². The maximum atomic E-state index is 12.4. The van der Waals surface area contributed by atoms with Gasteiger partial charge in [0.2, 0.25) is 11.2 Å². The zero-order valence-electron chi connectivity index (χ0n) is 16.5. The summed E-state index contributed by atoms with van der Waals surface area (Å²) in [7, 11) is 1.53. The van der Waals surface area contributed by atoms with Crippen LogP contribution in [-0.4, -0.2) is 54.9 Å². The lowest BCUT2D eigenvalue weighted by Gasteiger charge is -2.23. The van der Waals surface area contributed by atoms with Crippen LogP contribution in [0.3, 0.4) is 0 Å². The number of nitrogens with one attached hydrogen (secondary N) is 2. The molecule has 0 unspecified atom stereocenters. The number of amides is 1. The fraction of sp³-hybridized carbons (Fsp3) is 0.400. The molecule has 0 bridgehead atoms. The van der Waals surface area contributed by atoms with E-state index in [1.165, 1.54) is 7.05 Å². The summed E-state index contributed by atoms with van der Waals surface area (Å²) in [5.41, 5.74) is 1.000. The Morgan fingerprint density at radius 1 is 1.39 bits per heavy atom. The van der Waals surface area contributed by atoms with Crippen molar-refractivity contribution in [1.82, 2.24) is 24.8 Å². The van der Waals surface area contributed by atoms with Crippen LogP contribution in [-0.2, 0) is 11.3 Å². The Hall–Kier alpha value is -2.27. The summed E-state index contributed by atoms with van der Waals surface area (Å²) in [5, 5.41) is 27.2. The Kier molecular flexibility index (Phi) is 4.93. The summed E-state index contributed by atoms with van der Waals surface area (Å²) >= 11 is 9.65. The number of hydrogen-bond donors (Lipinski definition) is 4. The highest BCUT2D eigenvalue weighted by Crippen LogP contribution is 2.67. The molecule has 2 saturated carbocycles. The van der Waals surface area contributed by atoms with E-state index in [1.54, 1.807) is 10.9 Å². The van der Waals surface area contributed by atoms with Gasteiger partial charge >= 0.3 is 0 Å². The van der Waals surface area contributed by atoms with E-state index in [4.69, 9.17) is 11.6 Å². The molecule has 2 aromatic heterocycles. The molecular weight excluding hydrogens is 488 g/mol. The number of imidazole rings is 1. The Morgan fingerprint density at radius 2 is 2.19 bits per heavy atom. The van der Waals surface area contributed by atoms with Gasteiger partial charge in [0.25, 0.3) is 0 Å². The van der Waals surface area contributed by atoms with Crippen molar-refractivity contribution in [2.45, 2.75) is 31.2 Å². The average Bonchev–Trinajstić information content (AvgIpc) is 3.29. The highest BCUT2D eigenvalue weighted by atomic mass is 79.9. The number of hydrogen-bond acceptors (Lipinski definition) is 7. The molecule has 1 aromatic carbocycles. The Labute approximate surface area is 191 Å². The number of halogens is 2. The summed E-state index contributed by atoms with van der Waals surface area (Å²) in [6.07, 6.45) is -0.243. The molecule has 2 aliphatic carbocycles. The van der Waals surface area contributed by atoms with Crippen LogP contribution in [0.25, 0.3) is 11.2 Å². The molecule has 0 radical (unpaired) electrons.